The molecule has 1 aliphatic heterocycles. The molecule has 0 spiro atoms. The fourth-order valence-electron chi connectivity index (χ4n) is 5.81. The number of aliphatic hydroxyl groups is 1. The average Bonchev–Trinajstić information content (AvgIpc) is 2.94. The zero-order chi connectivity index (χ0) is 28.4. The number of amides is 2. The molecule has 3 aromatic carbocycles. The number of nitrogens with one attached hydrogen (secondary N) is 1. The standard InChI is InChI=1S/C30H30Cl2N2O5S/c31-19-10-15-25(26(32)18-19)28-27(29(36)33-16-17-40(38,39)22-6-2-1-3-7-22)23-8-4-5-9-24(23)30(37)34(28)20-11-13-21(35)14-12-20/h1-10,15,18,20-21,27-28,35H,11-14,16-17H2,(H,33,36)/t20?,21?,27-,28+/m1/s1. The second kappa shape index (κ2) is 11.9. The van der Waals surface area contributed by atoms with E-state index in [4.69, 9.17) is 23.2 Å². The molecule has 2 amide bonds. The van der Waals surface area contributed by atoms with Gasteiger partial charge in [-0.3, -0.25) is 9.59 Å². The molecule has 10 heteroatoms. The van der Waals surface area contributed by atoms with Crippen molar-refractivity contribution in [3.05, 3.63) is 99.5 Å². The molecule has 3 aromatic rings. The number of hydrogen-bond donors (Lipinski definition) is 2. The average molecular weight is 602 g/mol. The number of benzene rings is 3. The molecular weight excluding hydrogens is 571 g/mol. The van der Waals surface area contributed by atoms with E-state index in [9.17, 15) is 23.1 Å². The van der Waals surface area contributed by atoms with Gasteiger partial charge in [-0.05, 0) is 67.1 Å². The van der Waals surface area contributed by atoms with Crippen LogP contribution in [0.15, 0.2) is 77.7 Å². The predicted octanol–water partition coefficient (Wildman–Crippen LogP) is 5.17. The molecule has 210 valence electrons. The fourth-order valence-corrected chi connectivity index (χ4v) is 7.51. The second-order valence-corrected chi connectivity index (χ2v) is 13.2. The zero-order valence-corrected chi connectivity index (χ0v) is 24.0. The van der Waals surface area contributed by atoms with Crippen molar-refractivity contribution in [2.45, 2.75) is 54.7 Å². The number of hydrogen-bond acceptors (Lipinski definition) is 5. The van der Waals surface area contributed by atoms with Gasteiger partial charge in [0.2, 0.25) is 5.91 Å². The third kappa shape index (κ3) is 5.77. The number of carbonyl (C=O) groups excluding carboxylic acids is 2. The second-order valence-electron chi connectivity index (χ2n) is 10.3. The summed E-state index contributed by atoms with van der Waals surface area (Å²) < 4.78 is 25.6. The maximum atomic E-state index is 14.0. The normalized spacial score (nSPS) is 23.0. The van der Waals surface area contributed by atoms with Crippen LogP contribution in [0.1, 0.15) is 59.1 Å². The summed E-state index contributed by atoms with van der Waals surface area (Å²) in [4.78, 5) is 29.9. The molecular formula is C30H30Cl2N2O5S. The third-order valence-corrected chi connectivity index (χ3v) is 10.1. The summed E-state index contributed by atoms with van der Waals surface area (Å²) in [5.74, 6) is -1.73. The van der Waals surface area contributed by atoms with Crippen LogP contribution in [0.2, 0.25) is 10.0 Å². The molecule has 2 N–H and O–H groups in total. The Balaban J connectivity index is 1.52. The Hall–Kier alpha value is -2.91. The number of fused-ring (bicyclic) bond motifs is 1. The molecule has 0 saturated heterocycles. The van der Waals surface area contributed by atoms with Crippen molar-refractivity contribution in [1.82, 2.24) is 10.2 Å². The molecule has 1 heterocycles. The summed E-state index contributed by atoms with van der Waals surface area (Å²) in [7, 11) is -3.60. The van der Waals surface area contributed by atoms with Crippen LogP contribution >= 0.6 is 23.2 Å². The van der Waals surface area contributed by atoms with Crippen LogP contribution < -0.4 is 5.32 Å². The van der Waals surface area contributed by atoms with Gasteiger partial charge in [0.25, 0.3) is 5.91 Å². The van der Waals surface area contributed by atoms with Crippen LogP contribution in [0.3, 0.4) is 0 Å². The highest BCUT2D eigenvalue weighted by molar-refractivity contribution is 7.91. The Kier molecular flexibility index (Phi) is 8.52. The van der Waals surface area contributed by atoms with E-state index in [1.54, 1.807) is 65.6 Å². The molecule has 1 fully saturated rings. The first-order valence-corrected chi connectivity index (χ1v) is 15.7. The predicted molar refractivity (Wildman–Crippen MR) is 154 cm³/mol. The van der Waals surface area contributed by atoms with Crippen molar-refractivity contribution in [3.8, 4) is 0 Å². The quantitative estimate of drug-likeness (QED) is 0.389. The summed E-state index contributed by atoms with van der Waals surface area (Å²) in [6.07, 6.45) is 1.84. The van der Waals surface area contributed by atoms with E-state index in [1.807, 2.05) is 0 Å². The molecule has 5 rings (SSSR count). The number of aliphatic hydroxyl groups excluding tert-OH is 1. The number of carbonyl (C=O) groups is 2. The molecule has 0 bridgehead atoms. The van der Waals surface area contributed by atoms with Crippen LogP contribution in [0, 0.1) is 0 Å². The summed E-state index contributed by atoms with van der Waals surface area (Å²) in [6, 6.07) is 19.1. The monoisotopic (exact) mass is 600 g/mol. The van der Waals surface area contributed by atoms with E-state index in [-0.39, 0.29) is 29.1 Å². The highest BCUT2D eigenvalue weighted by Crippen LogP contribution is 2.47. The van der Waals surface area contributed by atoms with Gasteiger partial charge in [0.1, 0.15) is 0 Å². The first-order valence-electron chi connectivity index (χ1n) is 13.3. The fraction of sp³-hybridized carbons (Fsp3) is 0.333. The third-order valence-electron chi connectivity index (χ3n) is 7.77. The van der Waals surface area contributed by atoms with Crippen LogP contribution in [0.5, 0.6) is 0 Å². The Morgan fingerprint density at radius 1 is 0.925 bits per heavy atom. The Morgan fingerprint density at radius 3 is 2.30 bits per heavy atom. The van der Waals surface area contributed by atoms with Crippen molar-refractivity contribution in [2.75, 3.05) is 12.3 Å². The first kappa shape index (κ1) is 28.6. The summed E-state index contributed by atoms with van der Waals surface area (Å²) in [6.45, 7) is -0.0979. The van der Waals surface area contributed by atoms with Crippen LogP contribution in [0.25, 0.3) is 0 Å². The van der Waals surface area contributed by atoms with Gasteiger partial charge in [-0.15, -0.1) is 0 Å². The zero-order valence-electron chi connectivity index (χ0n) is 21.7. The van der Waals surface area contributed by atoms with E-state index in [0.29, 0.717) is 52.4 Å². The van der Waals surface area contributed by atoms with E-state index >= 15 is 0 Å². The van der Waals surface area contributed by atoms with Crippen molar-refractivity contribution in [3.63, 3.8) is 0 Å². The van der Waals surface area contributed by atoms with Gasteiger partial charge in [-0.25, -0.2) is 8.42 Å². The Morgan fingerprint density at radius 2 is 1.60 bits per heavy atom. The molecule has 0 aromatic heterocycles. The Bertz CT molecular complexity index is 1510. The van der Waals surface area contributed by atoms with Gasteiger partial charge < -0.3 is 15.3 Å². The van der Waals surface area contributed by atoms with Crippen LogP contribution in [0.4, 0.5) is 0 Å². The maximum Gasteiger partial charge on any atom is 0.254 e. The summed E-state index contributed by atoms with van der Waals surface area (Å²) in [5, 5.41) is 13.7. The number of sulfone groups is 1. The van der Waals surface area contributed by atoms with Crippen molar-refractivity contribution < 1.29 is 23.1 Å². The highest BCUT2D eigenvalue weighted by Gasteiger charge is 2.47. The van der Waals surface area contributed by atoms with Gasteiger partial charge >= 0.3 is 0 Å². The van der Waals surface area contributed by atoms with E-state index < -0.39 is 33.8 Å². The topological polar surface area (TPSA) is 104 Å². The Labute approximate surface area is 244 Å². The van der Waals surface area contributed by atoms with E-state index in [2.05, 4.69) is 5.32 Å². The van der Waals surface area contributed by atoms with E-state index in [1.165, 1.54) is 12.1 Å². The molecule has 1 saturated carbocycles. The van der Waals surface area contributed by atoms with Crippen molar-refractivity contribution in [2.24, 2.45) is 0 Å². The highest BCUT2D eigenvalue weighted by atomic mass is 35.5. The van der Waals surface area contributed by atoms with Gasteiger partial charge in [0.05, 0.1) is 28.7 Å². The molecule has 2 aliphatic rings. The number of nitrogens with zero attached hydrogens (tertiary/aromatic N) is 1. The molecule has 0 radical (unpaired) electrons. The van der Waals surface area contributed by atoms with Crippen molar-refractivity contribution in [1.29, 1.82) is 0 Å². The lowest BCUT2D eigenvalue weighted by Crippen LogP contribution is -2.52. The molecule has 1 aliphatic carbocycles. The molecule has 7 nitrogen and oxygen atoms in total. The minimum Gasteiger partial charge on any atom is -0.393 e. The van der Waals surface area contributed by atoms with Crippen LogP contribution in [-0.2, 0) is 14.6 Å². The smallest absolute Gasteiger partial charge is 0.254 e. The number of halogens is 2. The van der Waals surface area contributed by atoms with Crippen LogP contribution in [-0.4, -0.2) is 54.7 Å². The van der Waals surface area contributed by atoms with Gasteiger partial charge in [-0.2, -0.15) is 0 Å². The summed E-state index contributed by atoms with van der Waals surface area (Å²) >= 11 is 12.9. The largest absolute Gasteiger partial charge is 0.393 e. The summed E-state index contributed by atoms with van der Waals surface area (Å²) in [5.41, 5.74) is 1.56. The van der Waals surface area contributed by atoms with Gasteiger partial charge in [0.15, 0.2) is 9.84 Å². The SMILES string of the molecule is O=C(NCCS(=O)(=O)c1ccccc1)[C@@H]1c2ccccc2C(=O)N(C2CCC(O)CC2)[C@H]1c1ccc(Cl)cc1Cl. The van der Waals surface area contributed by atoms with Gasteiger partial charge in [-0.1, -0.05) is 65.7 Å². The molecule has 2 atom stereocenters. The lowest BCUT2D eigenvalue weighted by molar-refractivity contribution is -0.124. The minimum atomic E-state index is -3.60. The maximum absolute atomic E-state index is 14.0. The lowest BCUT2D eigenvalue weighted by Gasteiger charge is -2.47. The van der Waals surface area contributed by atoms with E-state index in [0.717, 1.165) is 0 Å². The number of rotatable bonds is 7. The molecule has 40 heavy (non-hydrogen) atoms. The van der Waals surface area contributed by atoms with Gasteiger partial charge in [0, 0.05) is 28.2 Å². The van der Waals surface area contributed by atoms with Crippen molar-refractivity contribution >= 4 is 44.9 Å². The first-order chi connectivity index (χ1) is 19.2. The lowest BCUT2D eigenvalue weighted by atomic mass is 9.77. The minimum absolute atomic E-state index is 0.0979. The molecule has 0 unspecified atom stereocenters.